The van der Waals surface area contributed by atoms with Gasteiger partial charge in [0.15, 0.2) is 0 Å². The molecule has 0 unspecified atom stereocenters. The minimum absolute atomic E-state index is 0.806. The predicted octanol–water partition coefficient (Wildman–Crippen LogP) is 7.58. The van der Waals surface area contributed by atoms with Crippen LogP contribution in [0, 0.1) is 29.1 Å². The molecule has 0 atom stereocenters. The summed E-state index contributed by atoms with van der Waals surface area (Å²) >= 11 is 0. The summed E-state index contributed by atoms with van der Waals surface area (Å²) in [4.78, 5) is 0. The summed E-state index contributed by atoms with van der Waals surface area (Å²) in [5.41, 5.74) is 3.08. The second-order valence-corrected chi connectivity index (χ2v) is 8.99. The Kier molecular flexibility index (Phi) is 8.00. The van der Waals surface area contributed by atoms with E-state index in [2.05, 4.69) is 37.3 Å². The van der Waals surface area contributed by atoms with E-state index in [-0.39, 0.29) is 0 Å². The molecule has 3 rings (SSSR count). The third-order valence-electron chi connectivity index (χ3n) is 7.25. The van der Waals surface area contributed by atoms with Crippen LogP contribution in [0.1, 0.15) is 94.6 Å². The van der Waals surface area contributed by atoms with E-state index in [9.17, 15) is 0 Å². The van der Waals surface area contributed by atoms with Crippen LogP contribution in [0.3, 0.4) is 0 Å². The molecular formula is C26H37N. The maximum Gasteiger partial charge on any atom is 0.0908 e. The Morgan fingerprint density at radius 3 is 2.15 bits per heavy atom. The SMILES string of the molecule is CCCc1ccc(C2CCC(C3CCC(CC/C=C/C#N)CC3)CC2)cc1. The topological polar surface area (TPSA) is 23.8 Å². The molecule has 0 heterocycles. The van der Waals surface area contributed by atoms with Crippen LogP contribution in [0.15, 0.2) is 36.4 Å². The van der Waals surface area contributed by atoms with Gasteiger partial charge in [0.25, 0.3) is 0 Å². The van der Waals surface area contributed by atoms with E-state index in [0.717, 1.165) is 30.1 Å². The molecule has 0 radical (unpaired) electrons. The maximum atomic E-state index is 8.57. The Bertz CT molecular complexity index is 605. The fraction of sp³-hybridized carbons (Fsp3) is 0.654. The molecule has 2 aliphatic carbocycles. The predicted molar refractivity (Wildman–Crippen MR) is 115 cm³/mol. The monoisotopic (exact) mass is 363 g/mol. The zero-order chi connectivity index (χ0) is 18.9. The Labute approximate surface area is 166 Å². The molecular weight excluding hydrogens is 326 g/mol. The number of aryl methyl sites for hydroxylation is 1. The number of nitrogens with zero attached hydrogens (tertiary/aromatic N) is 1. The molecule has 0 saturated heterocycles. The van der Waals surface area contributed by atoms with E-state index in [1.54, 1.807) is 11.6 Å². The van der Waals surface area contributed by atoms with Crippen molar-refractivity contribution in [1.82, 2.24) is 0 Å². The molecule has 0 spiro atoms. The number of rotatable bonds is 7. The molecule has 0 bridgehead atoms. The highest BCUT2D eigenvalue weighted by atomic mass is 14.4. The summed E-state index contributed by atoms with van der Waals surface area (Å²) in [7, 11) is 0. The molecule has 1 nitrogen and oxygen atoms in total. The zero-order valence-corrected chi connectivity index (χ0v) is 17.2. The van der Waals surface area contributed by atoms with Gasteiger partial charge in [-0.2, -0.15) is 5.26 Å². The van der Waals surface area contributed by atoms with Gasteiger partial charge in [-0.25, -0.2) is 0 Å². The summed E-state index contributed by atoms with van der Waals surface area (Å²) in [5.74, 6) is 3.69. The number of hydrogen-bond donors (Lipinski definition) is 0. The van der Waals surface area contributed by atoms with Crippen LogP contribution in [-0.4, -0.2) is 0 Å². The van der Waals surface area contributed by atoms with Gasteiger partial charge in [0, 0.05) is 6.08 Å². The Morgan fingerprint density at radius 1 is 0.926 bits per heavy atom. The molecule has 1 heteroatoms. The minimum Gasteiger partial charge on any atom is -0.193 e. The van der Waals surface area contributed by atoms with Crippen molar-refractivity contribution in [2.45, 2.75) is 89.9 Å². The quantitative estimate of drug-likeness (QED) is 0.458. The second kappa shape index (κ2) is 10.7. The molecule has 2 saturated carbocycles. The van der Waals surface area contributed by atoms with Gasteiger partial charge in [-0.15, -0.1) is 0 Å². The van der Waals surface area contributed by atoms with E-state index in [0.29, 0.717) is 0 Å². The van der Waals surface area contributed by atoms with Crippen LogP contribution in [0.5, 0.6) is 0 Å². The highest BCUT2D eigenvalue weighted by molar-refractivity contribution is 5.26. The van der Waals surface area contributed by atoms with E-state index in [1.165, 1.54) is 76.2 Å². The van der Waals surface area contributed by atoms with Gasteiger partial charge >= 0.3 is 0 Å². The number of hydrogen-bond acceptors (Lipinski definition) is 1. The maximum absolute atomic E-state index is 8.57. The van der Waals surface area contributed by atoms with Crippen LogP contribution >= 0.6 is 0 Å². The highest BCUT2D eigenvalue weighted by Gasteiger charge is 2.31. The Hall–Kier alpha value is -1.55. The van der Waals surface area contributed by atoms with E-state index >= 15 is 0 Å². The highest BCUT2D eigenvalue weighted by Crippen LogP contribution is 2.44. The third-order valence-corrected chi connectivity index (χ3v) is 7.25. The van der Waals surface area contributed by atoms with Crippen molar-refractivity contribution in [2.24, 2.45) is 17.8 Å². The van der Waals surface area contributed by atoms with Crippen LogP contribution in [0.2, 0.25) is 0 Å². The first kappa shape index (κ1) is 20.2. The first-order valence-corrected chi connectivity index (χ1v) is 11.4. The van der Waals surface area contributed by atoms with Gasteiger partial charge in [-0.3, -0.25) is 0 Å². The van der Waals surface area contributed by atoms with E-state index < -0.39 is 0 Å². The van der Waals surface area contributed by atoms with Gasteiger partial charge in [0.2, 0.25) is 0 Å². The first-order valence-electron chi connectivity index (χ1n) is 11.4. The minimum atomic E-state index is 0.806. The zero-order valence-electron chi connectivity index (χ0n) is 17.2. The average Bonchev–Trinajstić information content (AvgIpc) is 2.73. The molecule has 27 heavy (non-hydrogen) atoms. The van der Waals surface area contributed by atoms with Crippen molar-refractivity contribution in [1.29, 1.82) is 5.26 Å². The van der Waals surface area contributed by atoms with Crippen molar-refractivity contribution >= 4 is 0 Å². The van der Waals surface area contributed by atoms with Crippen molar-refractivity contribution in [2.75, 3.05) is 0 Å². The second-order valence-electron chi connectivity index (χ2n) is 8.99. The van der Waals surface area contributed by atoms with Crippen LogP contribution in [0.4, 0.5) is 0 Å². The molecule has 2 fully saturated rings. The third kappa shape index (κ3) is 5.97. The van der Waals surface area contributed by atoms with Gasteiger partial charge in [0.1, 0.15) is 0 Å². The lowest BCUT2D eigenvalue weighted by Gasteiger charge is -2.38. The summed E-state index contributed by atoms with van der Waals surface area (Å²) in [6, 6.07) is 11.6. The van der Waals surface area contributed by atoms with Crippen molar-refractivity contribution in [3.63, 3.8) is 0 Å². The molecule has 0 aromatic heterocycles. The van der Waals surface area contributed by atoms with Crippen molar-refractivity contribution in [3.05, 3.63) is 47.5 Å². The van der Waals surface area contributed by atoms with Crippen molar-refractivity contribution in [3.8, 4) is 6.07 Å². The molecule has 0 aliphatic heterocycles. The molecule has 1 aromatic rings. The fourth-order valence-electron chi connectivity index (χ4n) is 5.59. The Morgan fingerprint density at radius 2 is 1.56 bits per heavy atom. The molecule has 0 N–H and O–H groups in total. The largest absolute Gasteiger partial charge is 0.193 e. The summed E-state index contributed by atoms with van der Waals surface area (Å²) < 4.78 is 0. The standard InChI is InChI=1S/C26H37N/c1-2-6-21-8-12-23(13-9-21)25-16-18-26(19-17-25)24-14-10-22(11-15-24)7-4-3-5-20-27/h3,5,8-9,12-13,22,24-26H,2,4,6-7,10-11,14-19H2,1H3/b5-3+. The van der Waals surface area contributed by atoms with E-state index in [1.807, 2.05) is 6.08 Å². The average molecular weight is 364 g/mol. The molecule has 2 aliphatic rings. The van der Waals surface area contributed by atoms with E-state index in [4.69, 9.17) is 5.26 Å². The first-order chi connectivity index (χ1) is 13.3. The lowest BCUT2D eigenvalue weighted by atomic mass is 9.68. The van der Waals surface area contributed by atoms with Crippen LogP contribution in [-0.2, 0) is 6.42 Å². The summed E-state index contributed by atoms with van der Waals surface area (Å²) in [6.07, 6.45) is 19.9. The van der Waals surface area contributed by atoms with Crippen molar-refractivity contribution < 1.29 is 0 Å². The molecule has 146 valence electrons. The summed E-state index contributed by atoms with van der Waals surface area (Å²) in [5, 5.41) is 8.57. The van der Waals surface area contributed by atoms with Gasteiger partial charge in [-0.05, 0) is 92.6 Å². The molecule has 0 amide bonds. The molecule has 1 aromatic carbocycles. The normalized spacial score (nSPS) is 28.9. The van der Waals surface area contributed by atoms with Gasteiger partial charge < -0.3 is 0 Å². The lowest BCUT2D eigenvalue weighted by molar-refractivity contribution is 0.157. The number of nitriles is 1. The lowest BCUT2D eigenvalue weighted by Crippen LogP contribution is -2.25. The van der Waals surface area contributed by atoms with Crippen LogP contribution in [0.25, 0.3) is 0 Å². The fourth-order valence-corrected chi connectivity index (χ4v) is 5.59. The Balaban J connectivity index is 1.39. The van der Waals surface area contributed by atoms with Crippen LogP contribution < -0.4 is 0 Å². The van der Waals surface area contributed by atoms with Gasteiger partial charge in [-0.1, -0.05) is 56.5 Å². The van der Waals surface area contributed by atoms with Gasteiger partial charge in [0.05, 0.1) is 6.07 Å². The summed E-state index contributed by atoms with van der Waals surface area (Å²) in [6.45, 7) is 2.26. The number of benzene rings is 1. The smallest absolute Gasteiger partial charge is 0.0908 e. The number of allylic oxidation sites excluding steroid dienone is 2.